The second-order valence-corrected chi connectivity index (χ2v) is 10.7. The highest BCUT2D eigenvalue weighted by molar-refractivity contribution is 7.89. The molecule has 3 N–H and O–H groups in total. The molecule has 2 heterocycles. The molecule has 176 valence electrons. The third kappa shape index (κ3) is 5.10. The number of carbonyl (C=O) groups excluding carboxylic acids is 2. The smallest absolute Gasteiger partial charge is 0.243 e. The van der Waals surface area contributed by atoms with E-state index in [0.29, 0.717) is 31.7 Å². The van der Waals surface area contributed by atoms with Gasteiger partial charge in [-0.05, 0) is 55.0 Å². The van der Waals surface area contributed by atoms with E-state index in [1.165, 1.54) is 10.4 Å². The molecule has 0 bridgehead atoms. The van der Waals surface area contributed by atoms with Gasteiger partial charge in [-0.3, -0.25) is 14.5 Å². The van der Waals surface area contributed by atoms with Crippen LogP contribution in [0.5, 0.6) is 0 Å². The average molecular weight is 471 g/mol. The van der Waals surface area contributed by atoms with Crippen molar-refractivity contribution >= 4 is 27.5 Å². The van der Waals surface area contributed by atoms with Crippen LogP contribution in [0.25, 0.3) is 0 Å². The Morgan fingerprint density at radius 1 is 1.06 bits per heavy atom. The fourth-order valence-electron chi connectivity index (χ4n) is 4.55. The molecule has 9 heteroatoms. The zero-order valence-corrected chi connectivity index (χ0v) is 19.6. The summed E-state index contributed by atoms with van der Waals surface area (Å²) in [6, 6.07) is 12.0. The van der Waals surface area contributed by atoms with Gasteiger partial charge >= 0.3 is 0 Å². The first-order valence-corrected chi connectivity index (χ1v) is 12.7. The molecule has 2 aliphatic heterocycles. The molecule has 0 aromatic heterocycles. The minimum atomic E-state index is -3.61. The summed E-state index contributed by atoms with van der Waals surface area (Å²) >= 11 is 0. The number of aryl methyl sites for hydroxylation is 1. The van der Waals surface area contributed by atoms with Gasteiger partial charge in [0.25, 0.3) is 0 Å². The van der Waals surface area contributed by atoms with Gasteiger partial charge in [-0.1, -0.05) is 36.8 Å². The Bertz CT molecular complexity index is 1160. The molecule has 2 aliphatic rings. The van der Waals surface area contributed by atoms with E-state index in [1.54, 1.807) is 17.0 Å². The van der Waals surface area contributed by atoms with Crippen molar-refractivity contribution in [1.82, 2.24) is 9.21 Å². The van der Waals surface area contributed by atoms with Gasteiger partial charge in [0.05, 0.1) is 17.5 Å². The quantitative estimate of drug-likeness (QED) is 0.671. The molecule has 8 nitrogen and oxygen atoms in total. The van der Waals surface area contributed by atoms with Crippen LogP contribution in [0.3, 0.4) is 0 Å². The van der Waals surface area contributed by atoms with E-state index in [-0.39, 0.29) is 17.3 Å². The number of nitrogens with one attached hydrogen (secondary N) is 1. The summed E-state index contributed by atoms with van der Waals surface area (Å²) in [7, 11) is -3.61. The molecule has 1 fully saturated rings. The van der Waals surface area contributed by atoms with Crippen LogP contribution in [-0.4, -0.2) is 55.1 Å². The zero-order valence-electron chi connectivity index (χ0n) is 18.8. The molecule has 0 aliphatic carbocycles. The van der Waals surface area contributed by atoms with Crippen molar-refractivity contribution in [3.05, 3.63) is 59.2 Å². The molecular formula is C24H30N4O4S. The lowest BCUT2D eigenvalue weighted by Crippen LogP contribution is -2.50. The van der Waals surface area contributed by atoms with Gasteiger partial charge < -0.3 is 11.1 Å². The maximum Gasteiger partial charge on any atom is 0.243 e. The third-order valence-corrected chi connectivity index (χ3v) is 8.35. The Morgan fingerprint density at radius 2 is 1.76 bits per heavy atom. The van der Waals surface area contributed by atoms with Gasteiger partial charge in [-0.15, -0.1) is 0 Å². The Balaban J connectivity index is 1.50. The van der Waals surface area contributed by atoms with Crippen molar-refractivity contribution in [1.29, 1.82) is 0 Å². The van der Waals surface area contributed by atoms with E-state index in [9.17, 15) is 18.0 Å². The summed E-state index contributed by atoms with van der Waals surface area (Å²) in [4.78, 5) is 26.9. The minimum Gasteiger partial charge on any atom is -0.368 e. The van der Waals surface area contributed by atoms with E-state index in [2.05, 4.69) is 5.32 Å². The van der Waals surface area contributed by atoms with Crippen LogP contribution in [0, 0.1) is 6.92 Å². The zero-order chi connectivity index (χ0) is 23.6. The molecule has 0 radical (unpaired) electrons. The number of hydrogen-bond donors (Lipinski definition) is 2. The number of nitrogens with zero attached hydrogens (tertiary/aromatic N) is 2. The molecule has 0 unspecified atom stereocenters. The van der Waals surface area contributed by atoms with Crippen LogP contribution in [0.1, 0.15) is 36.0 Å². The van der Waals surface area contributed by atoms with Gasteiger partial charge in [0.2, 0.25) is 21.8 Å². The molecule has 1 saturated heterocycles. The van der Waals surface area contributed by atoms with Gasteiger partial charge in [-0.25, -0.2) is 8.42 Å². The van der Waals surface area contributed by atoms with Gasteiger partial charge in [0, 0.05) is 25.3 Å². The number of rotatable bonds is 6. The van der Waals surface area contributed by atoms with Gasteiger partial charge in [0.1, 0.15) is 0 Å². The van der Waals surface area contributed by atoms with Crippen LogP contribution in [-0.2, 0) is 32.6 Å². The molecule has 1 atom stereocenters. The van der Waals surface area contributed by atoms with Crippen molar-refractivity contribution in [2.24, 2.45) is 5.73 Å². The summed E-state index contributed by atoms with van der Waals surface area (Å²) in [6.45, 7) is 3.27. The van der Waals surface area contributed by atoms with Crippen molar-refractivity contribution in [2.45, 2.75) is 50.1 Å². The standard InChI is InChI=1S/C24H30N4O4S/c1-17-9-10-20(33(31,32)28-11-5-2-6-12-28)14-21(17)26-23(29)16-27-15-19-8-4-3-7-18(19)13-22(27)24(25)30/h3-4,7-10,14,22H,2,5-6,11-13,15-16H2,1H3,(H2,25,30)(H,26,29)/t22-/m0/s1. The fourth-order valence-corrected chi connectivity index (χ4v) is 6.09. The Labute approximate surface area is 194 Å². The highest BCUT2D eigenvalue weighted by Crippen LogP contribution is 2.26. The summed E-state index contributed by atoms with van der Waals surface area (Å²) in [5.74, 6) is -0.792. The maximum atomic E-state index is 13.0. The molecule has 4 rings (SSSR count). The lowest BCUT2D eigenvalue weighted by molar-refractivity contribution is -0.125. The van der Waals surface area contributed by atoms with Crippen molar-refractivity contribution in [3.63, 3.8) is 0 Å². The molecule has 0 spiro atoms. The normalized spacial score (nSPS) is 19.6. The van der Waals surface area contributed by atoms with Crippen LogP contribution in [0.4, 0.5) is 5.69 Å². The number of anilines is 1. The first-order valence-electron chi connectivity index (χ1n) is 11.3. The molecule has 0 saturated carbocycles. The van der Waals surface area contributed by atoms with E-state index in [0.717, 1.165) is 36.0 Å². The van der Waals surface area contributed by atoms with Crippen molar-refractivity contribution < 1.29 is 18.0 Å². The van der Waals surface area contributed by atoms with Crippen molar-refractivity contribution in [2.75, 3.05) is 25.0 Å². The maximum absolute atomic E-state index is 13.0. The highest BCUT2D eigenvalue weighted by Gasteiger charge is 2.31. The average Bonchev–Trinajstić information content (AvgIpc) is 2.80. The number of fused-ring (bicyclic) bond motifs is 1. The Hall–Kier alpha value is -2.75. The summed E-state index contributed by atoms with van der Waals surface area (Å²) in [6.07, 6.45) is 3.21. The van der Waals surface area contributed by atoms with Crippen molar-refractivity contribution in [3.8, 4) is 0 Å². The lowest BCUT2D eigenvalue weighted by atomic mass is 9.93. The Kier molecular flexibility index (Phi) is 6.83. The monoisotopic (exact) mass is 470 g/mol. The number of hydrogen-bond acceptors (Lipinski definition) is 5. The lowest BCUT2D eigenvalue weighted by Gasteiger charge is -2.34. The van der Waals surface area contributed by atoms with Crippen LogP contribution < -0.4 is 11.1 Å². The van der Waals surface area contributed by atoms with E-state index in [4.69, 9.17) is 5.73 Å². The van der Waals surface area contributed by atoms with Crippen LogP contribution in [0.2, 0.25) is 0 Å². The van der Waals surface area contributed by atoms with Gasteiger partial charge in [-0.2, -0.15) is 4.31 Å². The molecule has 2 aromatic rings. The number of piperidine rings is 1. The highest BCUT2D eigenvalue weighted by atomic mass is 32.2. The molecular weight excluding hydrogens is 440 g/mol. The molecule has 2 amide bonds. The summed E-state index contributed by atoms with van der Waals surface area (Å²) in [5.41, 5.74) is 8.96. The number of amides is 2. The number of benzene rings is 2. The molecule has 2 aromatic carbocycles. The number of primary amides is 1. The third-order valence-electron chi connectivity index (χ3n) is 6.46. The first-order chi connectivity index (χ1) is 15.8. The number of sulfonamides is 1. The number of nitrogens with two attached hydrogens (primary N) is 1. The largest absolute Gasteiger partial charge is 0.368 e. The molecule has 33 heavy (non-hydrogen) atoms. The summed E-state index contributed by atoms with van der Waals surface area (Å²) < 4.78 is 27.6. The number of carbonyl (C=O) groups is 2. The first kappa shape index (κ1) is 23.4. The topological polar surface area (TPSA) is 113 Å². The minimum absolute atomic E-state index is 0.0233. The predicted molar refractivity (Wildman–Crippen MR) is 126 cm³/mol. The van der Waals surface area contributed by atoms with Gasteiger partial charge in [0.15, 0.2) is 0 Å². The van der Waals surface area contributed by atoms with E-state index >= 15 is 0 Å². The van der Waals surface area contributed by atoms with E-state index in [1.807, 2.05) is 31.2 Å². The Morgan fingerprint density at radius 3 is 2.45 bits per heavy atom. The summed E-state index contributed by atoms with van der Waals surface area (Å²) in [5, 5.41) is 2.84. The second-order valence-electron chi connectivity index (χ2n) is 8.79. The fraction of sp³-hybridized carbons (Fsp3) is 0.417. The SMILES string of the molecule is Cc1ccc(S(=O)(=O)N2CCCCC2)cc1NC(=O)CN1Cc2ccccc2C[C@H]1C(N)=O. The van der Waals surface area contributed by atoms with E-state index < -0.39 is 22.0 Å². The predicted octanol–water partition coefficient (Wildman–Crippen LogP) is 2.02. The van der Waals surface area contributed by atoms with Crippen LogP contribution in [0.15, 0.2) is 47.4 Å². The van der Waals surface area contributed by atoms with Crippen LogP contribution >= 0.6 is 0 Å². The second kappa shape index (κ2) is 9.62.